The zero-order chi connectivity index (χ0) is 13.9. The van der Waals surface area contributed by atoms with Crippen molar-refractivity contribution in [2.45, 2.75) is 25.3 Å². The fraction of sp³-hybridized carbons (Fsp3) is 0.438. The zero-order valence-electron chi connectivity index (χ0n) is 12.1. The van der Waals surface area contributed by atoms with Gasteiger partial charge in [0.25, 0.3) is 0 Å². The molecule has 0 aliphatic carbocycles. The molecule has 1 aromatic heterocycles. The van der Waals surface area contributed by atoms with Crippen molar-refractivity contribution in [1.29, 1.82) is 0 Å². The summed E-state index contributed by atoms with van der Waals surface area (Å²) in [6.45, 7) is 0.826. The average Bonchev–Trinajstić information content (AvgIpc) is 3.08. The Labute approximate surface area is 119 Å². The Balaban J connectivity index is 1.68. The van der Waals surface area contributed by atoms with Crippen LogP contribution in [-0.2, 0) is 19.9 Å². The molecule has 20 heavy (non-hydrogen) atoms. The molecule has 0 saturated heterocycles. The molecule has 3 rings (SSSR count). The van der Waals surface area contributed by atoms with E-state index in [1.54, 1.807) is 0 Å². The average molecular weight is 271 g/mol. The number of hydrogen-bond acceptors (Lipinski definition) is 3. The van der Waals surface area contributed by atoms with Gasteiger partial charge in [-0.15, -0.1) is 0 Å². The van der Waals surface area contributed by atoms with E-state index in [-0.39, 0.29) is 0 Å². The van der Waals surface area contributed by atoms with Crippen LogP contribution in [0.1, 0.15) is 29.3 Å². The molecule has 0 saturated carbocycles. The molecule has 2 heterocycles. The zero-order valence-corrected chi connectivity index (χ0v) is 12.1. The lowest BCUT2D eigenvalue weighted by atomic mass is 10.0. The van der Waals surface area contributed by atoms with Crippen LogP contribution in [-0.4, -0.2) is 23.2 Å². The number of nitrogens with one attached hydrogen (secondary N) is 1. The molecule has 106 valence electrons. The minimum Gasteiger partial charge on any atom is -0.493 e. The summed E-state index contributed by atoms with van der Waals surface area (Å²) in [5, 5.41) is 3.38. The Morgan fingerprint density at radius 2 is 2.35 bits per heavy atom. The molecule has 0 fully saturated rings. The number of aryl methyl sites for hydroxylation is 2. The lowest BCUT2D eigenvalue weighted by molar-refractivity contribution is 0.357. The number of fused-ring (bicyclic) bond motifs is 1. The van der Waals surface area contributed by atoms with E-state index in [0.29, 0.717) is 6.04 Å². The summed E-state index contributed by atoms with van der Waals surface area (Å²) in [4.78, 5) is 4.20. The van der Waals surface area contributed by atoms with Crippen LogP contribution < -0.4 is 10.1 Å². The van der Waals surface area contributed by atoms with E-state index in [1.807, 2.05) is 26.6 Å². The molecule has 4 heteroatoms. The highest BCUT2D eigenvalue weighted by atomic mass is 16.5. The number of aromatic nitrogens is 2. The summed E-state index contributed by atoms with van der Waals surface area (Å²) in [6.07, 6.45) is 6.96. The second-order valence-corrected chi connectivity index (χ2v) is 5.35. The highest BCUT2D eigenvalue weighted by Gasteiger charge is 2.15. The van der Waals surface area contributed by atoms with Gasteiger partial charge in [-0.25, -0.2) is 4.98 Å². The molecule has 1 N–H and O–H groups in total. The number of hydrogen-bond donors (Lipinski definition) is 1. The maximum absolute atomic E-state index is 5.55. The number of imidazole rings is 1. The number of rotatable bonds is 5. The van der Waals surface area contributed by atoms with E-state index < -0.39 is 0 Å². The molecule has 1 aliphatic heterocycles. The summed E-state index contributed by atoms with van der Waals surface area (Å²) < 4.78 is 7.63. The summed E-state index contributed by atoms with van der Waals surface area (Å²) >= 11 is 0. The quantitative estimate of drug-likeness (QED) is 0.906. The maximum atomic E-state index is 5.55. The van der Waals surface area contributed by atoms with Crippen molar-refractivity contribution >= 4 is 0 Å². The molecular formula is C16H21N3O. The molecule has 1 atom stereocenters. The van der Waals surface area contributed by atoms with E-state index in [2.05, 4.69) is 33.1 Å². The molecule has 1 aliphatic rings. The van der Waals surface area contributed by atoms with Gasteiger partial charge in [-0.2, -0.15) is 0 Å². The fourth-order valence-corrected chi connectivity index (χ4v) is 2.85. The van der Waals surface area contributed by atoms with E-state index in [4.69, 9.17) is 4.74 Å². The highest BCUT2D eigenvalue weighted by Crippen LogP contribution is 2.27. The molecule has 0 bridgehead atoms. The lowest BCUT2D eigenvalue weighted by Gasteiger charge is -2.16. The van der Waals surface area contributed by atoms with Gasteiger partial charge in [0.05, 0.1) is 18.6 Å². The molecule has 0 spiro atoms. The number of benzene rings is 1. The Morgan fingerprint density at radius 3 is 3.10 bits per heavy atom. The van der Waals surface area contributed by atoms with Crippen molar-refractivity contribution in [3.63, 3.8) is 0 Å². The summed E-state index contributed by atoms with van der Waals surface area (Å²) in [5.74, 6) is 1.06. The van der Waals surface area contributed by atoms with Crippen molar-refractivity contribution in [3.8, 4) is 5.75 Å². The largest absolute Gasteiger partial charge is 0.493 e. The Morgan fingerprint density at radius 1 is 1.45 bits per heavy atom. The smallest absolute Gasteiger partial charge is 0.122 e. The Bertz CT molecular complexity index is 591. The van der Waals surface area contributed by atoms with Gasteiger partial charge in [0.1, 0.15) is 5.75 Å². The first-order valence-corrected chi connectivity index (χ1v) is 7.16. The van der Waals surface area contributed by atoms with Crippen molar-refractivity contribution in [2.24, 2.45) is 7.05 Å². The SMILES string of the molecule is CNC(CCc1ccc2c(c1)CCO2)c1cncn1C. The van der Waals surface area contributed by atoms with E-state index in [9.17, 15) is 0 Å². The van der Waals surface area contributed by atoms with Gasteiger partial charge in [0, 0.05) is 25.7 Å². The topological polar surface area (TPSA) is 39.1 Å². The van der Waals surface area contributed by atoms with Gasteiger partial charge in [-0.05, 0) is 37.1 Å². The second kappa shape index (κ2) is 5.67. The fourth-order valence-electron chi connectivity index (χ4n) is 2.85. The van der Waals surface area contributed by atoms with Crippen LogP contribution in [0.25, 0.3) is 0 Å². The molecule has 1 aromatic carbocycles. The molecule has 0 radical (unpaired) electrons. The van der Waals surface area contributed by atoms with Crippen LogP contribution in [0, 0.1) is 0 Å². The van der Waals surface area contributed by atoms with Gasteiger partial charge >= 0.3 is 0 Å². The van der Waals surface area contributed by atoms with Gasteiger partial charge in [-0.1, -0.05) is 12.1 Å². The standard InChI is InChI=1S/C16H21N3O/c1-17-14(15-10-18-11-19(15)2)5-3-12-4-6-16-13(9-12)7-8-20-16/h4,6,9-11,14,17H,3,5,7-8H2,1-2H3. The third-order valence-corrected chi connectivity index (χ3v) is 4.03. The predicted octanol–water partition coefficient (Wildman–Crippen LogP) is 2.25. The summed E-state index contributed by atoms with van der Waals surface area (Å²) in [6, 6.07) is 6.92. The van der Waals surface area contributed by atoms with Crippen molar-refractivity contribution in [2.75, 3.05) is 13.7 Å². The molecular weight excluding hydrogens is 250 g/mol. The minimum atomic E-state index is 0.340. The van der Waals surface area contributed by atoms with E-state index in [0.717, 1.165) is 31.6 Å². The molecule has 2 aromatic rings. The monoisotopic (exact) mass is 271 g/mol. The third-order valence-electron chi connectivity index (χ3n) is 4.03. The Kier molecular flexibility index (Phi) is 3.74. The van der Waals surface area contributed by atoms with Crippen LogP contribution in [0.5, 0.6) is 5.75 Å². The van der Waals surface area contributed by atoms with Gasteiger partial charge in [0.15, 0.2) is 0 Å². The first-order valence-electron chi connectivity index (χ1n) is 7.16. The molecule has 4 nitrogen and oxygen atoms in total. The van der Waals surface area contributed by atoms with Crippen molar-refractivity contribution < 1.29 is 4.74 Å². The van der Waals surface area contributed by atoms with E-state index >= 15 is 0 Å². The predicted molar refractivity (Wildman–Crippen MR) is 79.0 cm³/mol. The first-order chi connectivity index (χ1) is 9.78. The van der Waals surface area contributed by atoms with Crippen molar-refractivity contribution in [1.82, 2.24) is 14.9 Å². The van der Waals surface area contributed by atoms with Crippen LogP contribution in [0.2, 0.25) is 0 Å². The van der Waals surface area contributed by atoms with Gasteiger partial charge in [0.2, 0.25) is 0 Å². The third kappa shape index (κ3) is 2.56. The second-order valence-electron chi connectivity index (χ2n) is 5.35. The van der Waals surface area contributed by atoms with Crippen LogP contribution in [0.4, 0.5) is 0 Å². The van der Waals surface area contributed by atoms with Crippen LogP contribution in [0.3, 0.4) is 0 Å². The van der Waals surface area contributed by atoms with Crippen LogP contribution >= 0.6 is 0 Å². The summed E-state index contributed by atoms with van der Waals surface area (Å²) in [5.41, 5.74) is 3.97. The van der Waals surface area contributed by atoms with Crippen molar-refractivity contribution in [3.05, 3.63) is 47.5 Å². The number of ether oxygens (including phenoxy) is 1. The maximum Gasteiger partial charge on any atom is 0.122 e. The Hall–Kier alpha value is -1.81. The van der Waals surface area contributed by atoms with Gasteiger partial charge in [-0.3, -0.25) is 0 Å². The highest BCUT2D eigenvalue weighted by molar-refractivity contribution is 5.39. The normalized spacial score (nSPS) is 14.9. The van der Waals surface area contributed by atoms with E-state index in [1.165, 1.54) is 16.8 Å². The minimum absolute atomic E-state index is 0.340. The van der Waals surface area contributed by atoms with Crippen LogP contribution in [0.15, 0.2) is 30.7 Å². The first kappa shape index (κ1) is 13.2. The number of nitrogens with zero attached hydrogens (tertiary/aromatic N) is 2. The summed E-state index contributed by atoms with van der Waals surface area (Å²) in [7, 11) is 4.05. The lowest BCUT2D eigenvalue weighted by Crippen LogP contribution is -2.19. The molecule has 1 unspecified atom stereocenters. The van der Waals surface area contributed by atoms with Gasteiger partial charge < -0.3 is 14.6 Å². The molecule has 0 amide bonds.